The van der Waals surface area contributed by atoms with Gasteiger partial charge >= 0.3 is 11.9 Å². The summed E-state index contributed by atoms with van der Waals surface area (Å²) in [6, 6.07) is 0. The number of esters is 2. The summed E-state index contributed by atoms with van der Waals surface area (Å²) in [5.41, 5.74) is 1.66. The fourth-order valence-electron chi connectivity index (χ4n) is 3.62. The standard InChI is InChI=1S/C14H16O3/c1-13(2)8-4-5-14(13,3)10(6-8)9-7-11(15)17-12(9)16/h6-8H,4-5H2,1-3H3. The number of carbonyl (C=O) groups excluding carboxylic acids is 2. The van der Waals surface area contributed by atoms with E-state index in [9.17, 15) is 9.59 Å². The molecule has 2 atom stereocenters. The van der Waals surface area contributed by atoms with E-state index in [1.807, 2.05) is 0 Å². The zero-order valence-corrected chi connectivity index (χ0v) is 10.4. The predicted molar refractivity (Wildman–Crippen MR) is 61.9 cm³/mol. The average Bonchev–Trinajstić information content (AvgIpc) is 2.73. The molecule has 1 heterocycles. The van der Waals surface area contributed by atoms with E-state index >= 15 is 0 Å². The molecule has 3 aliphatic rings. The number of hydrogen-bond acceptors (Lipinski definition) is 3. The molecule has 2 aliphatic carbocycles. The summed E-state index contributed by atoms with van der Waals surface area (Å²) >= 11 is 0. The molecule has 0 aromatic rings. The second-order valence-electron chi connectivity index (χ2n) is 6.05. The first-order valence-corrected chi connectivity index (χ1v) is 6.07. The lowest BCUT2D eigenvalue weighted by Crippen LogP contribution is -2.31. The van der Waals surface area contributed by atoms with Crippen molar-refractivity contribution in [2.45, 2.75) is 33.6 Å². The zero-order valence-electron chi connectivity index (χ0n) is 10.4. The Balaban J connectivity index is 2.08. The molecule has 2 bridgehead atoms. The fraction of sp³-hybridized carbons (Fsp3) is 0.571. The maximum absolute atomic E-state index is 11.6. The molecule has 1 aliphatic heterocycles. The first-order valence-electron chi connectivity index (χ1n) is 6.07. The van der Waals surface area contributed by atoms with Crippen LogP contribution in [0, 0.1) is 16.7 Å². The molecular formula is C14H16O3. The maximum atomic E-state index is 11.6. The van der Waals surface area contributed by atoms with Crippen LogP contribution in [0.1, 0.15) is 33.6 Å². The summed E-state index contributed by atoms with van der Waals surface area (Å²) in [7, 11) is 0. The molecule has 0 saturated heterocycles. The molecule has 1 fully saturated rings. The first-order chi connectivity index (χ1) is 7.86. The lowest BCUT2D eigenvalue weighted by atomic mass is 9.66. The SMILES string of the molecule is CC12CCC(C=C1C1=CC(=O)OC1=O)C2(C)C. The summed E-state index contributed by atoms with van der Waals surface area (Å²) in [6.07, 6.45) is 5.77. The van der Waals surface area contributed by atoms with Crippen molar-refractivity contribution in [1.82, 2.24) is 0 Å². The van der Waals surface area contributed by atoms with Crippen molar-refractivity contribution >= 4 is 11.9 Å². The Morgan fingerprint density at radius 2 is 2.00 bits per heavy atom. The monoisotopic (exact) mass is 232 g/mol. The second-order valence-corrected chi connectivity index (χ2v) is 6.05. The molecule has 0 amide bonds. The van der Waals surface area contributed by atoms with Crippen LogP contribution in [-0.4, -0.2) is 11.9 Å². The van der Waals surface area contributed by atoms with Gasteiger partial charge in [-0.15, -0.1) is 0 Å². The molecule has 0 N–H and O–H groups in total. The smallest absolute Gasteiger partial charge is 0.346 e. The van der Waals surface area contributed by atoms with Gasteiger partial charge in [0.15, 0.2) is 0 Å². The van der Waals surface area contributed by atoms with Crippen molar-refractivity contribution < 1.29 is 14.3 Å². The molecule has 0 aromatic carbocycles. The third-order valence-corrected chi connectivity index (χ3v) is 5.23. The highest BCUT2D eigenvalue weighted by molar-refractivity contribution is 6.11. The van der Waals surface area contributed by atoms with Gasteiger partial charge in [0.25, 0.3) is 0 Å². The molecule has 3 nitrogen and oxygen atoms in total. The van der Waals surface area contributed by atoms with E-state index in [-0.39, 0.29) is 10.8 Å². The third-order valence-electron chi connectivity index (χ3n) is 5.23. The van der Waals surface area contributed by atoms with E-state index in [1.165, 1.54) is 12.5 Å². The zero-order chi connectivity index (χ0) is 12.4. The van der Waals surface area contributed by atoms with Crippen LogP contribution >= 0.6 is 0 Å². The predicted octanol–water partition coefficient (Wildman–Crippen LogP) is 2.38. The molecule has 3 rings (SSSR count). The highest BCUT2D eigenvalue weighted by Gasteiger charge is 2.58. The van der Waals surface area contributed by atoms with Crippen molar-refractivity contribution in [3.05, 3.63) is 23.3 Å². The van der Waals surface area contributed by atoms with Gasteiger partial charge in [-0.3, -0.25) is 0 Å². The van der Waals surface area contributed by atoms with Crippen LogP contribution in [0.4, 0.5) is 0 Å². The second kappa shape index (κ2) is 2.89. The number of carbonyl (C=O) groups is 2. The van der Waals surface area contributed by atoms with Gasteiger partial charge in [0.2, 0.25) is 0 Å². The van der Waals surface area contributed by atoms with Crippen molar-refractivity contribution in [2.24, 2.45) is 16.7 Å². The van der Waals surface area contributed by atoms with Gasteiger partial charge in [-0.2, -0.15) is 0 Å². The number of fused-ring (bicyclic) bond motifs is 2. The van der Waals surface area contributed by atoms with Crippen molar-refractivity contribution in [1.29, 1.82) is 0 Å². The number of hydrogen-bond donors (Lipinski definition) is 0. The summed E-state index contributed by atoms with van der Waals surface area (Å²) in [5, 5.41) is 0. The van der Waals surface area contributed by atoms with Gasteiger partial charge in [0.1, 0.15) is 0 Å². The normalized spacial score (nSPS) is 38.2. The Kier molecular flexibility index (Phi) is 1.83. The minimum Gasteiger partial charge on any atom is -0.386 e. The fourth-order valence-corrected chi connectivity index (χ4v) is 3.62. The molecule has 90 valence electrons. The minimum atomic E-state index is -0.532. The van der Waals surface area contributed by atoms with Gasteiger partial charge in [-0.05, 0) is 35.2 Å². The van der Waals surface area contributed by atoms with E-state index in [0.717, 1.165) is 12.0 Å². The van der Waals surface area contributed by atoms with Gasteiger partial charge in [0.05, 0.1) is 5.57 Å². The summed E-state index contributed by atoms with van der Waals surface area (Å²) in [4.78, 5) is 22.8. The van der Waals surface area contributed by atoms with Gasteiger partial charge in [-0.25, -0.2) is 9.59 Å². The van der Waals surface area contributed by atoms with Crippen molar-refractivity contribution in [2.75, 3.05) is 0 Å². The van der Waals surface area contributed by atoms with E-state index in [1.54, 1.807) is 0 Å². The Hall–Kier alpha value is -1.38. The van der Waals surface area contributed by atoms with Gasteiger partial charge in [-0.1, -0.05) is 26.8 Å². The highest BCUT2D eigenvalue weighted by Crippen LogP contribution is 2.66. The summed E-state index contributed by atoms with van der Waals surface area (Å²) in [5.74, 6) is -0.507. The largest absolute Gasteiger partial charge is 0.386 e. The van der Waals surface area contributed by atoms with Crippen molar-refractivity contribution in [3.63, 3.8) is 0 Å². The van der Waals surface area contributed by atoms with Crippen molar-refractivity contribution in [3.8, 4) is 0 Å². The van der Waals surface area contributed by atoms with Crippen LogP contribution in [0.25, 0.3) is 0 Å². The number of allylic oxidation sites excluding steroid dienone is 1. The summed E-state index contributed by atoms with van der Waals surface area (Å²) < 4.78 is 4.60. The minimum absolute atomic E-state index is 0.00681. The molecule has 0 spiro atoms. The Morgan fingerprint density at radius 3 is 2.41 bits per heavy atom. The molecule has 3 heteroatoms. The van der Waals surface area contributed by atoms with E-state index in [0.29, 0.717) is 11.5 Å². The molecule has 2 unspecified atom stereocenters. The Labute approximate surface area is 101 Å². The van der Waals surface area contributed by atoms with Crippen LogP contribution in [0.3, 0.4) is 0 Å². The molecule has 1 saturated carbocycles. The van der Waals surface area contributed by atoms with E-state index < -0.39 is 11.9 Å². The van der Waals surface area contributed by atoms with Gasteiger partial charge < -0.3 is 4.74 Å². The number of ether oxygens (including phenoxy) is 1. The molecular weight excluding hydrogens is 216 g/mol. The number of rotatable bonds is 1. The summed E-state index contributed by atoms with van der Waals surface area (Å²) in [6.45, 7) is 6.69. The topological polar surface area (TPSA) is 43.4 Å². The van der Waals surface area contributed by atoms with Gasteiger partial charge in [0, 0.05) is 6.08 Å². The van der Waals surface area contributed by atoms with Crippen LogP contribution in [0.15, 0.2) is 23.3 Å². The molecule has 0 aromatic heterocycles. The lowest BCUT2D eigenvalue weighted by molar-refractivity contribution is -0.150. The molecule has 0 radical (unpaired) electrons. The highest BCUT2D eigenvalue weighted by atomic mass is 16.6. The quantitative estimate of drug-likeness (QED) is 0.515. The van der Waals surface area contributed by atoms with Crippen LogP contribution in [0.2, 0.25) is 0 Å². The lowest BCUT2D eigenvalue weighted by Gasteiger charge is -2.37. The van der Waals surface area contributed by atoms with E-state index in [4.69, 9.17) is 0 Å². The Bertz CT molecular complexity index is 496. The first kappa shape index (κ1) is 10.8. The average molecular weight is 232 g/mol. The van der Waals surface area contributed by atoms with E-state index in [2.05, 4.69) is 31.6 Å². The van der Waals surface area contributed by atoms with Crippen LogP contribution in [-0.2, 0) is 14.3 Å². The van der Waals surface area contributed by atoms with Crippen LogP contribution < -0.4 is 0 Å². The maximum Gasteiger partial charge on any atom is 0.346 e. The van der Waals surface area contributed by atoms with Crippen LogP contribution in [0.5, 0.6) is 0 Å². The number of cyclic esters (lactones) is 2. The molecule has 17 heavy (non-hydrogen) atoms. The Morgan fingerprint density at radius 1 is 1.29 bits per heavy atom. The third kappa shape index (κ3) is 1.12.